The third-order valence-corrected chi connectivity index (χ3v) is 5.88. The Balaban J connectivity index is 1.91. The van der Waals surface area contributed by atoms with Crippen molar-refractivity contribution in [3.8, 4) is 11.3 Å². The molecule has 31 heavy (non-hydrogen) atoms. The lowest BCUT2D eigenvalue weighted by molar-refractivity contribution is -0.481. The van der Waals surface area contributed by atoms with Crippen LogP contribution in [0.4, 0.5) is 5.69 Å². The van der Waals surface area contributed by atoms with Gasteiger partial charge in [-0.05, 0) is 34.9 Å². The fourth-order valence-corrected chi connectivity index (χ4v) is 4.09. The zero-order chi connectivity index (χ0) is 21.8. The van der Waals surface area contributed by atoms with Crippen LogP contribution in [0, 0.1) is 10.1 Å². The topological polar surface area (TPSA) is 88.0 Å². The number of carbonyl (C=O) groups is 1. The quantitative estimate of drug-likeness (QED) is 0.142. The minimum atomic E-state index is -0.488. The van der Waals surface area contributed by atoms with Crippen LogP contribution in [-0.4, -0.2) is 26.8 Å². The van der Waals surface area contributed by atoms with Gasteiger partial charge in [0.15, 0.2) is 0 Å². The van der Waals surface area contributed by atoms with E-state index in [1.807, 2.05) is 95.4 Å². The molecule has 0 aliphatic heterocycles. The van der Waals surface area contributed by atoms with E-state index in [1.54, 1.807) is 6.07 Å². The lowest BCUT2D eigenvalue weighted by Crippen LogP contribution is -2.16. The van der Waals surface area contributed by atoms with E-state index in [0.717, 1.165) is 33.3 Å². The molecule has 6 nitrogen and oxygen atoms in total. The number of amides is 1. The van der Waals surface area contributed by atoms with Gasteiger partial charge in [-0.1, -0.05) is 83.3 Å². The molecule has 0 fully saturated rings. The first-order chi connectivity index (χ1) is 15.1. The molecule has 4 rings (SSSR count). The number of hydrogen-bond donors (Lipinski definition) is 2. The molecule has 3 aromatic carbocycles. The van der Waals surface area contributed by atoms with Crippen molar-refractivity contribution >= 4 is 45.1 Å². The first-order valence-electron chi connectivity index (χ1n) is 9.80. The molecule has 1 aromatic heterocycles. The van der Waals surface area contributed by atoms with Gasteiger partial charge in [0.2, 0.25) is 12.5 Å². The minimum Gasteiger partial charge on any atom is -0.354 e. The third kappa shape index (κ3) is 4.61. The number of para-hydroxylation sites is 1. The van der Waals surface area contributed by atoms with Crippen molar-refractivity contribution in [3.63, 3.8) is 0 Å². The zero-order valence-corrected chi connectivity index (χ0v) is 18.7. The van der Waals surface area contributed by atoms with Gasteiger partial charge in [0.25, 0.3) is 0 Å². The molecule has 0 saturated heterocycles. The fraction of sp³-hybridized carbons (Fsp3) is 0.125. The highest BCUT2D eigenvalue weighted by molar-refractivity contribution is 14.1. The van der Waals surface area contributed by atoms with Crippen molar-refractivity contribution in [1.82, 2.24) is 4.98 Å². The van der Waals surface area contributed by atoms with Crippen molar-refractivity contribution in [2.45, 2.75) is 5.92 Å². The van der Waals surface area contributed by atoms with Crippen LogP contribution in [0.15, 0.2) is 78.9 Å². The van der Waals surface area contributed by atoms with Gasteiger partial charge >= 0.3 is 0 Å². The van der Waals surface area contributed by atoms with E-state index in [9.17, 15) is 14.9 Å². The van der Waals surface area contributed by atoms with Crippen molar-refractivity contribution in [1.29, 1.82) is 0 Å². The third-order valence-electron chi connectivity index (χ3n) is 5.18. The molecule has 0 aliphatic carbocycles. The summed E-state index contributed by atoms with van der Waals surface area (Å²) in [5.74, 6) is -0.599. The molecule has 0 saturated carbocycles. The van der Waals surface area contributed by atoms with Gasteiger partial charge < -0.3 is 10.3 Å². The number of nitrogens with one attached hydrogen (secondary N) is 2. The highest BCUT2D eigenvalue weighted by atomic mass is 127. The molecule has 4 aromatic rings. The van der Waals surface area contributed by atoms with E-state index in [-0.39, 0.29) is 17.4 Å². The molecular formula is C24H20IN3O3. The van der Waals surface area contributed by atoms with Crippen molar-refractivity contribution in [2.75, 3.05) is 16.3 Å². The summed E-state index contributed by atoms with van der Waals surface area (Å²) in [5.41, 5.74) is 5.07. The van der Waals surface area contributed by atoms with Gasteiger partial charge in [-0.15, -0.1) is 0 Å². The standard InChI is InChI=1S/C24H20IN3O3/c25-14-22(29)26-18-10-6-9-17(13-18)20(15-28(30)31)23-19-11-4-5-12-21(19)27-24(23)16-7-2-1-3-8-16/h1-13,20,27H,14-15H2,(H,26,29). The maximum atomic E-state index is 11.9. The molecule has 2 N–H and O–H groups in total. The second-order valence-corrected chi connectivity index (χ2v) is 7.96. The second-order valence-electron chi connectivity index (χ2n) is 7.20. The number of aromatic amines is 1. The van der Waals surface area contributed by atoms with Crippen molar-refractivity contribution in [3.05, 3.63) is 100 Å². The Morgan fingerprint density at radius 2 is 1.77 bits per heavy atom. The summed E-state index contributed by atoms with van der Waals surface area (Å²) in [6.45, 7) is -0.259. The number of nitrogens with zero attached hydrogens (tertiary/aromatic N) is 1. The van der Waals surface area contributed by atoms with Crippen molar-refractivity contribution < 1.29 is 9.72 Å². The van der Waals surface area contributed by atoms with Gasteiger partial charge in [-0.2, -0.15) is 0 Å². The van der Waals surface area contributed by atoms with E-state index < -0.39 is 5.92 Å². The first kappa shape index (κ1) is 21.0. The van der Waals surface area contributed by atoms with Crippen LogP contribution in [0.5, 0.6) is 0 Å². The highest BCUT2D eigenvalue weighted by Gasteiger charge is 2.27. The molecule has 1 unspecified atom stereocenters. The van der Waals surface area contributed by atoms with Crippen LogP contribution in [0.1, 0.15) is 17.0 Å². The maximum absolute atomic E-state index is 11.9. The molecule has 1 amide bonds. The number of hydrogen-bond acceptors (Lipinski definition) is 3. The number of anilines is 1. The summed E-state index contributed by atoms with van der Waals surface area (Å²) in [5, 5.41) is 15.5. The van der Waals surface area contributed by atoms with Gasteiger partial charge in [-0.3, -0.25) is 14.9 Å². The predicted molar refractivity (Wildman–Crippen MR) is 131 cm³/mol. The Hall–Kier alpha value is -3.20. The molecule has 0 bridgehead atoms. The lowest BCUT2D eigenvalue weighted by Gasteiger charge is -2.17. The number of H-pyrrole nitrogens is 1. The SMILES string of the molecule is O=C(CI)Nc1cccc(C(C[N+](=O)[O-])c2c(-c3ccccc3)[nH]c3ccccc23)c1. The summed E-state index contributed by atoms with van der Waals surface area (Å²) >= 11 is 2.00. The Kier molecular flexibility index (Phi) is 6.31. The summed E-state index contributed by atoms with van der Waals surface area (Å²) < 4.78 is 0.334. The number of halogens is 1. The number of fused-ring (bicyclic) bond motifs is 1. The molecule has 156 valence electrons. The summed E-state index contributed by atoms with van der Waals surface area (Å²) in [7, 11) is 0. The van der Waals surface area contributed by atoms with Crippen LogP contribution in [0.2, 0.25) is 0 Å². The largest absolute Gasteiger partial charge is 0.354 e. The van der Waals surface area contributed by atoms with E-state index in [1.165, 1.54) is 0 Å². The molecule has 0 aliphatic rings. The smallest absolute Gasteiger partial charge is 0.234 e. The van der Waals surface area contributed by atoms with Crippen LogP contribution < -0.4 is 5.32 Å². The average molecular weight is 525 g/mol. The zero-order valence-electron chi connectivity index (χ0n) is 16.5. The maximum Gasteiger partial charge on any atom is 0.234 e. The van der Waals surface area contributed by atoms with Crippen molar-refractivity contribution in [2.24, 2.45) is 0 Å². The van der Waals surface area contributed by atoms with Crippen LogP contribution in [0.3, 0.4) is 0 Å². The monoisotopic (exact) mass is 525 g/mol. The van der Waals surface area contributed by atoms with E-state index in [4.69, 9.17) is 0 Å². The minimum absolute atomic E-state index is 0.111. The normalized spacial score (nSPS) is 11.9. The lowest BCUT2D eigenvalue weighted by atomic mass is 9.87. The number of aromatic nitrogens is 1. The number of alkyl halides is 1. The fourth-order valence-electron chi connectivity index (χ4n) is 3.90. The number of rotatable bonds is 7. The van der Waals surface area contributed by atoms with E-state index in [2.05, 4.69) is 10.3 Å². The highest BCUT2D eigenvalue weighted by Crippen LogP contribution is 2.39. The Bertz CT molecular complexity index is 1240. The summed E-state index contributed by atoms with van der Waals surface area (Å²) in [4.78, 5) is 26.7. The van der Waals surface area contributed by atoms with Gasteiger partial charge in [0, 0.05) is 21.5 Å². The number of benzene rings is 3. The van der Waals surface area contributed by atoms with Gasteiger partial charge in [0.1, 0.15) is 0 Å². The van der Waals surface area contributed by atoms with Crippen LogP contribution >= 0.6 is 22.6 Å². The average Bonchev–Trinajstić information content (AvgIpc) is 3.17. The number of nitro groups is 1. The first-order valence-corrected chi connectivity index (χ1v) is 11.3. The summed E-state index contributed by atoms with van der Waals surface area (Å²) in [6, 6.07) is 25.0. The Morgan fingerprint density at radius 1 is 1.03 bits per heavy atom. The Morgan fingerprint density at radius 3 is 2.52 bits per heavy atom. The van der Waals surface area contributed by atoms with Crippen LogP contribution in [0.25, 0.3) is 22.2 Å². The van der Waals surface area contributed by atoms with E-state index in [0.29, 0.717) is 10.1 Å². The number of carbonyl (C=O) groups excluding carboxylic acids is 1. The Labute approximate surface area is 193 Å². The second kappa shape index (κ2) is 9.30. The molecule has 7 heteroatoms. The molecule has 1 heterocycles. The van der Waals surface area contributed by atoms with Crippen LogP contribution in [-0.2, 0) is 4.79 Å². The predicted octanol–water partition coefficient (Wildman–Crippen LogP) is 5.62. The molecular weight excluding hydrogens is 505 g/mol. The molecule has 0 spiro atoms. The van der Waals surface area contributed by atoms with E-state index >= 15 is 0 Å². The van der Waals surface area contributed by atoms with Gasteiger partial charge in [-0.25, -0.2) is 0 Å². The molecule has 0 radical (unpaired) electrons. The summed E-state index contributed by atoms with van der Waals surface area (Å²) in [6.07, 6.45) is 0. The molecule has 1 atom stereocenters. The van der Waals surface area contributed by atoms with Gasteiger partial charge in [0.05, 0.1) is 16.0 Å².